The van der Waals surface area contributed by atoms with Crippen molar-refractivity contribution in [2.75, 3.05) is 0 Å². The van der Waals surface area contributed by atoms with Gasteiger partial charge in [0.1, 0.15) is 11.1 Å². The molecule has 0 saturated heterocycles. The van der Waals surface area contributed by atoms with Crippen LogP contribution in [0.2, 0.25) is 0 Å². The zero-order valence-corrected chi connectivity index (χ0v) is 13.2. The molecule has 3 unspecified atom stereocenters. The fourth-order valence-electron chi connectivity index (χ4n) is 4.08. The highest BCUT2D eigenvalue weighted by atomic mass is 32.1. The van der Waals surface area contributed by atoms with Gasteiger partial charge in [-0.05, 0) is 36.7 Å². The average molecular weight is 290 g/mol. The van der Waals surface area contributed by atoms with Crippen molar-refractivity contribution in [1.29, 1.82) is 0 Å². The summed E-state index contributed by atoms with van der Waals surface area (Å²) in [5.41, 5.74) is 7.07. The Morgan fingerprint density at radius 2 is 2.20 bits per heavy atom. The van der Waals surface area contributed by atoms with Gasteiger partial charge in [0.05, 0.1) is 0 Å². The van der Waals surface area contributed by atoms with Gasteiger partial charge in [0.2, 0.25) is 5.88 Å². The second kappa shape index (κ2) is 4.42. The Hall–Kier alpha value is -1.16. The lowest BCUT2D eigenvalue weighted by atomic mass is 9.70. The van der Waals surface area contributed by atoms with Crippen LogP contribution < -0.4 is 10.5 Å². The predicted octanol–water partition coefficient (Wildman–Crippen LogP) is 3.31. The second-order valence-corrected chi connectivity index (χ2v) is 7.40. The molecule has 1 aromatic heterocycles. The van der Waals surface area contributed by atoms with Crippen molar-refractivity contribution in [3.8, 4) is 5.88 Å². The molecule has 2 aliphatic rings. The van der Waals surface area contributed by atoms with Crippen LogP contribution in [0.5, 0.6) is 5.88 Å². The topological polar surface area (TPSA) is 48.1 Å². The van der Waals surface area contributed by atoms with Gasteiger partial charge >= 0.3 is 0 Å². The first-order valence-corrected chi connectivity index (χ1v) is 7.68. The molecule has 0 aliphatic heterocycles. The van der Waals surface area contributed by atoms with Crippen LogP contribution in [0.1, 0.15) is 45.6 Å². The van der Waals surface area contributed by atoms with E-state index in [1.807, 2.05) is 12.1 Å². The van der Waals surface area contributed by atoms with Crippen LogP contribution >= 0.6 is 12.2 Å². The smallest absolute Gasteiger partial charge is 0.214 e. The van der Waals surface area contributed by atoms with Crippen LogP contribution in [0.25, 0.3) is 0 Å². The summed E-state index contributed by atoms with van der Waals surface area (Å²) < 4.78 is 6.21. The lowest BCUT2D eigenvalue weighted by Gasteiger charge is -2.38. The first-order valence-electron chi connectivity index (χ1n) is 7.27. The van der Waals surface area contributed by atoms with Crippen molar-refractivity contribution in [1.82, 2.24) is 4.98 Å². The lowest BCUT2D eigenvalue weighted by molar-refractivity contribution is 0.0273. The van der Waals surface area contributed by atoms with Gasteiger partial charge in [-0.15, -0.1) is 0 Å². The standard InChI is InChI=1S/C16H22N2OS/c1-15(2)11-4-6-16(15,3)12(9-11)19-13-8-10(14(17)20)5-7-18-13/h5,7-8,11-12H,4,6,9H2,1-3H3,(H2,17,20). The maximum atomic E-state index is 6.21. The van der Waals surface area contributed by atoms with Crippen molar-refractivity contribution in [2.45, 2.75) is 46.1 Å². The molecule has 2 bridgehead atoms. The Labute approximate surface area is 125 Å². The quantitative estimate of drug-likeness (QED) is 0.868. The minimum atomic E-state index is 0.235. The van der Waals surface area contributed by atoms with Gasteiger partial charge in [-0.1, -0.05) is 33.0 Å². The van der Waals surface area contributed by atoms with Gasteiger partial charge in [-0.25, -0.2) is 4.98 Å². The minimum absolute atomic E-state index is 0.235. The Bertz CT molecular complexity index is 557. The molecule has 2 saturated carbocycles. The monoisotopic (exact) mass is 290 g/mol. The number of ether oxygens (including phenoxy) is 1. The Morgan fingerprint density at radius 1 is 1.45 bits per heavy atom. The number of hydrogen-bond donors (Lipinski definition) is 1. The molecule has 3 nitrogen and oxygen atoms in total. The van der Waals surface area contributed by atoms with E-state index in [0.717, 1.165) is 17.9 Å². The molecule has 108 valence electrons. The van der Waals surface area contributed by atoms with Gasteiger partial charge in [-0.3, -0.25) is 0 Å². The normalized spacial score (nSPS) is 34.1. The van der Waals surface area contributed by atoms with Gasteiger partial charge < -0.3 is 10.5 Å². The highest BCUT2D eigenvalue weighted by Gasteiger charge is 2.62. The maximum absolute atomic E-state index is 6.21. The largest absolute Gasteiger partial charge is 0.474 e. The van der Waals surface area contributed by atoms with Crippen LogP contribution in [-0.2, 0) is 0 Å². The fraction of sp³-hybridized carbons (Fsp3) is 0.625. The molecule has 0 radical (unpaired) electrons. The van der Waals surface area contributed by atoms with E-state index in [-0.39, 0.29) is 11.5 Å². The molecule has 20 heavy (non-hydrogen) atoms. The number of rotatable bonds is 3. The van der Waals surface area contributed by atoms with Crippen molar-refractivity contribution in [2.24, 2.45) is 22.5 Å². The summed E-state index contributed by atoms with van der Waals surface area (Å²) in [6, 6.07) is 3.67. The van der Waals surface area contributed by atoms with Crippen molar-refractivity contribution in [3.63, 3.8) is 0 Å². The molecule has 2 aliphatic carbocycles. The van der Waals surface area contributed by atoms with E-state index in [4.69, 9.17) is 22.7 Å². The van der Waals surface area contributed by atoms with E-state index in [1.165, 1.54) is 12.8 Å². The van der Waals surface area contributed by atoms with Crippen molar-refractivity contribution in [3.05, 3.63) is 23.9 Å². The number of fused-ring (bicyclic) bond motifs is 2. The zero-order chi connectivity index (χ0) is 14.5. The predicted molar refractivity (Wildman–Crippen MR) is 83.8 cm³/mol. The molecule has 2 fully saturated rings. The van der Waals surface area contributed by atoms with Crippen molar-refractivity contribution >= 4 is 17.2 Å². The molecule has 2 N–H and O–H groups in total. The Balaban J connectivity index is 1.83. The number of nitrogens with zero attached hydrogens (tertiary/aromatic N) is 1. The van der Waals surface area contributed by atoms with Gasteiger partial charge in [-0.2, -0.15) is 0 Å². The van der Waals surface area contributed by atoms with E-state index in [1.54, 1.807) is 6.20 Å². The van der Waals surface area contributed by atoms with E-state index < -0.39 is 0 Å². The molecular formula is C16H22N2OS. The number of pyridine rings is 1. The molecular weight excluding hydrogens is 268 g/mol. The van der Waals surface area contributed by atoms with Crippen LogP contribution in [0.15, 0.2) is 18.3 Å². The van der Waals surface area contributed by atoms with Crippen LogP contribution in [0.3, 0.4) is 0 Å². The molecule has 1 aromatic rings. The summed E-state index contributed by atoms with van der Waals surface area (Å²) in [6.45, 7) is 7.13. The molecule has 1 heterocycles. The summed E-state index contributed by atoms with van der Waals surface area (Å²) in [6.07, 6.45) is 5.64. The lowest BCUT2D eigenvalue weighted by Crippen LogP contribution is -2.39. The summed E-state index contributed by atoms with van der Waals surface area (Å²) in [5.74, 6) is 1.40. The number of nitrogens with two attached hydrogens (primary N) is 1. The van der Waals surface area contributed by atoms with E-state index >= 15 is 0 Å². The fourth-order valence-corrected chi connectivity index (χ4v) is 4.21. The summed E-state index contributed by atoms with van der Waals surface area (Å²) in [5, 5.41) is 0. The molecule has 0 amide bonds. The highest BCUT2D eigenvalue weighted by Crippen LogP contribution is 2.66. The second-order valence-electron chi connectivity index (χ2n) is 6.96. The van der Waals surface area contributed by atoms with Gasteiger partial charge in [0, 0.05) is 23.2 Å². The summed E-state index contributed by atoms with van der Waals surface area (Å²) in [4.78, 5) is 4.70. The molecule has 0 aromatic carbocycles. The third kappa shape index (κ3) is 1.85. The summed E-state index contributed by atoms with van der Waals surface area (Å²) >= 11 is 5.01. The Morgan fingerprint density at radius 3 is 2.75 bits per heavy atom. The van der Waals surface area contributed by atoms with Crippen LogP contribution in [-0.4, -0.2) is 16.1 Å². The molecule has 4 heteroatoms. The highest BCUT2D eigenvalue weighted by molar-refractivity contribution is 7.80. The first-order chi connectivity index (χ1) is 9.34. The third-order valence-electron chi connectivity index (χ3n) is 6.00. The summed E-state index contributed by atoms with van der Waals surface area (Å²) in [7, 11) is 0. The van der Waals surface area contributed by atoms with Crippen molar-refractivity contribution < 1.29 is 4.74 Å². The third-order valence-corrected chi connectivity index (χ3v) is 6.23. The maximum Gasteiger partial charge on any atom is 0.214 e. The van der Waals surface area contributed by atoms with Crippen LogP contribution in [0, 0.1) is 16.7 Å². The minimum Gasteiger partial charge on any atom is -0.474 e. The van der Waals surface area contributed by atoms with E-state index in [2.05, 4.69) is 25.8 Å². The number of thiocarbonyl (C=S) groups is 1. The molecule has 3 atom stereocenters. The SMILES string of the molecule is CC1(C)C2CCC1(C)C(Oc1cc(C(N)=S)ccn1)C2. The van der Waals surface area contributed by atoms with Gasteiger partial charge in [0.25, 0.3) is 0 Å². The molecule has 0 spiro atoms. The van der Waals surface area contributed by atoms with Crippen LogP contribution in [0.4, 0.5) is 0 Å². The average Bonchev–Trinajstić information content (AvgIpc) is 2.72. The van der Waals surface area contributed by atoms with Gasteiger partial charge in [0.15, 0.2) is 0 Å². The van der Waals surface area contributed by atoms with E-state index in [0.29, 0.717) is 16.3 Å². The molecule has 3 rings (SSSR count). The Kier molecular flexibility index (Phi) is 3.05. The number of hydrogen-bond acceptors (Lipinski definition) is 3. The number of aromatic nitrogens is 1. The first kappa shape index (κ1) is 13.8. The zero-order valence-electron chi connectivity index (χ0n) is 12.3. The van der Waals surface area contributed by atoms with E-state index in [9.17, 15) is 0 Å².